The second kappa shape index (κ2) is 8.49. The number of ether oxygens (including phenoxy) is 1. The molecule has 8 heteroatoms. The lowest BCUT2D eigenvalue weighted by atomic mass is 10.2. The number of nitro benzene ring substituents is 1. The van der Waals surface area contributed by atoms with E-state index < -0.39 is 10.8 Å². The second-order valence-corrected chi connectivity index (χ2v) is 6.23. The summed E-state index contributed by atoms with van der Waals surface area (Å²) in [7, 11) is 0. The summed E-state index contributed by atoms with van der Waals surface area (Å²) in [5, 5.41) is 13.4. The molecule has 3 aromatic rings. The summed E-state index contributed by atoms with van der Waals surface area (Å²) >= 11 is 5.98. The molecule has 0 spiro atoms. The Bertz CT molecular complexity index is 1040. The maximum Gasteiger partial charge on any atom is 0.270 e. The highest BCUT2D eigenvalue weighted by Crippen LogP contribution is 2.24. The van der Waals surface area contributed by atoms with E-state index in [2.05, 4.69) is 5.32 Å². The molecule has 0 heterocycles. The summed E-state index contributed by atoms with van der Waals surface area (Å²) in [4.78, 5) is 22.6. The molecule has 0 saturated carbocycles. The predicted molar refractivity (Wildman–Crippen MR) is 103 cm³/mol. The van der Waals surface area contributed by atoms with Gasteiger partial charge in [-0.2, -0.15) is 0 Å². The Kier molecular flexibility index (Phi) is 5.86. The molecule has 0 radical (unpaired) electrons. The van der Waals surface area contributed by atoms with Gasteiger partial charge in [-0.1, -0.05) is 29.8 Å². The van der Waals surface area contributed by atoms with E-state index in [1.54, 1.807) is 36.4 Å². The summed E-state index contributed by atoms with van der Waals surface area (Å²) in [5.74, 6) is -0.374. The molecule has 0 aliphatic heterocycles. The Balaban J connectivity index is 1.68. The van der Waals surface area contributed by atoms with E-state index in [1.807, 2.05) is 0 Å². The lowest BCUT2D eigenvalue weighted by Gasteiger charge is -2.10. The van der Waals surface area contributed by atoms with Crippen molar-refractivity contribution in [3.05, 3.63) is 98.8 Å². The van der Waals surface area contributed by atoms with E-state index in [4.69, 9.17) is 16.3 Å². The molecule has 1 N–H and O–H groups in total. The number of nitro groups is 1. The molecular formula is C20H14ClFN2O4. The number of carbonyl (C=O) groups is 1. The molecule has 0 fully saturated rings. The van der Waals surface area contributed by atoms with Crippen LogP contribution in [-0.2, 0) is 6.61 Å². The van der Waals surface area contributed by atoms with Crippen molar-refractivity contribution in [3.63, 3.8) is 0 Å². The Hall–Kier alpha value is -3.45. The fraction of sp³-hybridized carbons (Fsp3) is 0.0500. The van der Waals surface area contributed by atoms with Gasteiger partial charge in [0.25, 0.3) is 11.6 Å². The maximum atomic E-state index is 13.2. The third kappa shape index (κ3) is 4.83. The number of non-ortho nitro benzene ring substituents is 1. The number of halogens is 2. The fourth-order valence-corrected chi connectivity index (χ4v) is 2.72. The zero-order valence-electron chi connectivity index (χ0n) is 14.4. The SMILES string of the molecule is O=C(Nc1cccc(OCc2cccc(F)c2)c1)c1ccc([N+](=O)[O-])cc1Cl. The first-order valence-corrected chi connectivity index (χ1v) is 8.53. The van der Waals surface area contributed by atoms with Gasteiger partial charge >= 0.3 is 0 Å². The van der Waals surface area contributed by atoms with Gasteiger partial charge in [-0.15, -0.1) is 0 Å². The van der Waals surface area contributed by atoms with Crippen molar-refractivity contribution in [2.75, 3.05) is 5.32 Å². The number of benzene rings is 3. The van der Waals surface area contributed by atoms with Gasteiger partial charge in [0.2, 0.25) is 0 Å². The average molecular weight is 401 g/mol. The molecule has 0 aliphatic carbocycles. The van der Waals surface area contributed by atoms with Crippen molar-refractivity contribution in [2.24, 2.45) is 0 Å². The molecule has 3 aromatic carbocycles. The Morgan fingerprint density at radius 2 is 1.89 bits per heavy atom. The van der Waals surface area contributed by atoms with E-state index in [0.29, 0.717) is 17.0 Å². The van der Waals surface area contributed by atoms with E-state index in [1.165, 1.54) is 24.3 Å². The van der Waals surface area contributed by atoms with Gasteiger partial charge < -0.3 is 10.1 Å². The smallest absolute Gasteiger partial charge is 0.270 e. The quantitative estimate of drug-likeness (QED) is 0.454. The van der Waals surface area contributed by atoms with Crippen molar-refractivity contribution in [1.82, 2.24) is 0 Å². The van der Waals surface area contributed by atoms with Gasteiger partial charge in [-0.05, 0) is 35.9 Å². The molecule has 142 valence electrons. The predicted octanol–water partition coefficient (Wildman–Crippen LogP) is 5.22. The van der Waals surface area contributed by atoms with Crippen LogP contribution in [0.5, 0.6) is 5.75 Å². The van der Waals surface area contributed by atoms with Crippen LogP contribution in [0.3, 0.4) is 0 Å². The van der Waals surface area contributed by atoms with Crippen LogP contribution in [0.2, 0.25) is 5.02 Å². The summed E-state index contributed by atoms with van der Waals surface area (Å²) in [6.45, 7) is 0.170. The number of hydrogen-bond donors (Lipinski definition) is 1. The molecule has 1 amide bonds. The van der Waals surface area contributed by atoms with E-state index in [0.717, 1.165) is 6.07 Å². The zero-order chi connectivity index (χ0) is 20.1. The fourth-order valence-electron chi connectivity index (χ4n) is 2.46. The molecule has 0 saturated heterocycles. The lowest BCUT2D eigenvalue weighted by molar-refractivity contribution is -0.384. The Morgan fingerprint density at radius 3 is 2.61 bits per heavy atom. The minimum absolute atomic E-state index is 0.0230. The van der Waals surface area contributed by atoms with Gasteiger partial charge in [0.05, 0.1) is 15.5 Å². The van der Waals surface area contributed by atoms with Gasteiger partial charge in [-0.25, -0.2) is 4.39 Å². The lowest BCUT2D eigenvalue weighted by Crippen LogP contribution is -2.12. The molecule has 0 unspecified atom stereocenters. The van der Waals surface area contributed by atoms with E-state index >= 15 is 0 Å². The zero-order valence-corrected chi connectivity index (χ0v) is 15.2. The summed E-state index contributed by atoms with van der Waals surface area (Å²) in [6.07, 6.45) is 0. The number of rotatable bonds is 6. The molecule has 3 rings (SSSR count). The highest BCUT2D eigenvalue weighted by Gasteiger charge is 2.15. The second-order valence-electron chi connectivity index (χ2n) is 5.82. The largest absolute Gasteiger partial charge is 0.489 e. The molecule has 0 aromatic heterocycles. The molecule has 0 aliphatic rings. The highest BCUT2D eigenvalue weighted by molar-refractivity contribution is 6.34. The first-order chi connectivity index (χ1) is 13.4. The van der Waals surface area contributed by atoms with Gasteiger partial charge in [0.1, 0.15) is 18.2 Å². The van der Waals surface area contributed by atoms with Crippen LogP contribution in [0, 0.1) is 15.9 Å². The van der Waals surface area contributed by atoms with Crippen LogP contribution in [-0.4, -0.2) is 10.8 Å². The first kappa shape index (κ1) is 19.3. The van der Waals surface area contributed by atoms with E-state index in [-0.39, 0.29) is 28.7 Å². The Labute approximate surface area is 164 Å². The third-order valence-corrected chi connectivity index (χ3v) is 4.11. The maximum absolute atomic E-state index is 13.2. The number of nitrogens with one attached hydrogen (secondary N) is 1. The van der Waals surface area contributed by atoms with Gasteiger partial charge in [0, 0.05) is 23.9 Å². The van der Waals surface area contributed by atoms with Crippen molar-refractivity contribution in [2.45, 2.75) is 6.61 Å². The van der Waals surface area contributed by atoms with Crippen molar-refractivity contribution in [3.8, 4) is 5.75 Å². The number of carbonyl (C=O) groups excluding carboxylic acids is 1. The number of hydrogen-bond acceptors (Lipinski definition) is 4. The summed E-state index contributed by atoms with van der Waals surface area (Å²) in [6, 6.07) is 16.3. The van der Waals surface area contributed by atoms with Crippen LogP contribution in [0.15, 0.2) is 66.7 Å². The molecular weight excluding hydrogens is 387 g/mol. The number of anilines is 1. The normalized spacial score (nSPS) is 10.4. The van der Waals surface area contributed by atoms with Crippen LogP contribution >= 0.6 is 11.6 Å². The summed E-state index contributed by atoms with van der Waals surface area (Å²) < 4.78 is 18.8. The minimum Gasteiger partial charge on any atom is -0.489 e. The van der Waals surface area contributed by atoms with Crippen LogP contribution in [0.4, 0.5) is 15.8 Å². The van der Waals surface area contributed by atoms with Crippen molar-refractivity contribution < 1.29 is 18.8 Å². The average Bonchev–Trinajstić information content (AvgIpc) is 2.66. The molecule has 0 bridgehead atoms. The first-order valence-electron chi connectivity index (χ1n) is 8.15. The van der Waals surface area contributed by atoms with Crippen molar-refractivity contribution in [1.29, 1.82) is 0 Å². The standard InChI is InChI=1S/C20H14ClFN2O4/c21-19-11-16(24(26)27)7-8-18(19)20(25)23-15-5-2-6-17(10-15)28-12-13-3-1-4-14(22)9-13/h1-11H,12H2,(H,23,25). The molecule has 28 heavy (non-hydrogen) atoms. The van der Waals surface area contributed by atoms with Gasteiger partial charge in [0.15, 0.2) is 0 Å². The van der Waals surface area contributed by atoms with Crippen LogP contribution in [0.1, 0.15) is 15.9 Å². The van der Waals surface area contributed by atoms with Crippen molar-refractivity contribution >= 4 is 28.9 Å². The highest BCUT2D eigenvalue weighted by atomic mass is 35.5. The minimum atomic E-state index is -0.590. The van der Waals surface area contributed by atoms with Crippen LogP contribution < -0.4 is 10.1 Å². The topological polar surface area (TPSA) is 81.5 Å². The monoisotopic (exact) mass is 400 g/mol. The number of nitrogens with zero attached hydrogens (tertiary/aromatic N) is 1. The van der Waals surface area contributed by atoms with E-state index in [9.17, 15) is 19.3 Å². The molecule has 0 atom stereocenters. The molecule has 6 nitrogen and oxygen atoms in total. The summed E-state index contributed by atoms with van der Waals surface area (Å²) in [5.41, 5.74) is 1.04. The number of amides is 1. The third-order valence-electron chi connectivity index (χ3n) is 3.79. The Morgan fingerprint density at radius 1 is 1.11 bits per heavy atom. The van der Waals surface area contributed by atoms with Gasteiger partial charge in [-0.3, -0.25) is 14.9 Å². The van der Waals surface area contributed by atoms with Crippen LogP contribution in [0.25, 0.3) is 0 Å².